The number of halogens is 1. The lowest BCUT2D eigenvalue weighted by atomic mass is 10.1. The molecule has 98 valence electrons. The minimum absolute atomic E-state index is 0.242. The average Bonchev–Trinajstić information content (AvgIpc) is 2.86. The summed E-state index contributed by atoms with van der Waals surface area (Å²) in [5.74, 6) is 0.767. The number of anilines is 1. The Kier molecular flexibility index (Phi) is 3.48. The van der Waals surface area contributed by atoms with Crippen molar-refractivity contribution >= 4 is 21.9 Å². The van der Waals surface area contributed by atoms with Gasteiger partial charge in [-0.3, -0.25) is 0 Å². The van der Waals surface area contributed by atoms with Gasteiger partial charge in [-0.05, 0) is 18.1 Å². The average molecular weight is 319 g/mol. The normalized spacial score (nSPS) is 18.8. The van der Waals surface area contributed by atoms with Gasteiger partial charge in [-0.2, -0.15) is 0 Å². The fraction of sp³-hybridized carbons (Fsp3) is 0.286. The van der Waals surface area contributed by atoms with Crippen LogP contribution in [0.2, 0.25) is 0 Å². The summed E-state index contributed by atoms with van der Waals surface area (Å²) in [6.45, 7) is 1.78. The van der Waals surface area contributed by atoms with Crippen molar-refractivity contribution in [2.24, 2.45) is 5.73 Å². The summed E-state index contributed by atoms with van der Waals surface area (Å²) in [4.78, 5) is 11.0. The van der Waals surface area contributed by atoms with Gasteiger partial charge in [0, 0.05) is 41.6 Å². The summed E-state index contributed by atoms with van der Waals surface area (Å²) < 4.78 is 1.05. The van der Waals surface area contributed by atoms with E-state index in [0.717, 1.165) is 41.1 Å². The van der Waals surface area contributed by atoms with Gasteiger partial charge in [0.25, 0.3) is 0 Å². The molecule has 3 rings (SSSR count). The van der Waals surface area contributed by atoms with E-state index in [1.54, 1.807) is 0 Å². The van der Waals surface area contributed by atoms with Crippen molar-refractivity contribution in [1.29, 1.82) is 0 Å². The first-order chi connectivity index (χ1) is 9.24. The van der Waals surface area contributed by atoms with Crippen LogP contribution in [0.1, 0.15) is 6.42 Å². The molecule has 0 saturated carbocycles. The number of hydrogen-bond donors (Lipinski definition) is 1. The zero-order valence-corrected chi connectivity index (χ0v) is 12.0. The zero-order chi connectivity index (χ0) is 13.2. The molecule has 0 amide bonds. The molecule has 1 aromatic carbocycles. The highest BCUT2D eigenvalue weighted by molar-refractivity contribution is 9.10. The van der Waals surface area contributed by atoms with Gasteiger partial charge >= 0.3 is 0 Å². The van der Waals surface area contributed by atoms with Crippen LogP contribution < -0.4 is 10.6 Å². The maximum Gasteiger partial charge on any atom is 0.225 e. The van der Waals surface area contributed by atoms with Gasteiger partial charge in [-0.25, -0.2) is 9.97 Å². The van der Waals surface area contributed by atoms with Gasteiger partial charge in [0.2, 0.25) is 5.95 Å². The molecule has 1 atom stereocenters. The van der Waals surface area contributed by atoms with Crippen molar-refractivity contribution in [3.63, 3.8) is 0 Å². The predicted molar refractivity (Wildman–Crippen MR) is 80.0 cm³/mol. The van der Waals surface area contributed by atoms with Crippen LogP contribution in [0.4, 0.5) is 5.95 Å². The van der Waals surface area contributed by atoms with Crippen LogP contribution in [-0.2, 0) is 0 Å². The molecule has 4 nitrogen and oxygen atoms in total. The second-order valence-corrected chi connectivity index (χ2v) is 5.60. The van der Waals surface area contributed by atoms with E-state index in [9.17, 15) is 0 Å². The third-order valence-electron chi connectivity index (χ3n) is 3.33. The molecular formula is C14H15BrN4. The number of rotatable bonds is 2. The van der Waals surface area contributed by atoms with Gasteiger partial charge in [0.15, 0.2) is 0 Å². The molecule has 19 heavy (non-hydrogen) atoms. The van der Waals surface area contributed by atoms with Gasteiger partial charge in [-0.15, -0.1) is 0 Å². The molecule has 1 aliphatic heterocycles. The van der Waals surface area contributed by atoms with Crippen molar-refractivity contribution in [1.82, 2.24) is 9.97 Å². The van der Waals surface area contributed by atoms with Gasteiger partial charge in [0.1, 0.15) is 0 Å². The van der Waals surface area contributed by atoms with Crippen molar-refractivity contribution in [3.8, 4) is 11.1 Å². The number of aromatic nitrogens is 2. The topological polar surface area (TPSA) is 55.0 Å². The first-order valence-corrected chi connectivity index (χ1v) is 7.11. The maximum atomic E-state index is 5.90. The van der Waals surface area contributed by atoms with E-state index in [1.807, 2.05) is 36.7 Å². The van der Waals surface area contributed by atoms with Gasteiger partial charge in [-0.1, -0.05) is 34.1 Å². The SMILES string of the molecule is NC1CCN(c2ncc(-c3ccccc3Br)cn2)C1. The summed E-state index contributed by atoms with van der Waals surface area (Å²) >= 11 is 3.54. The second kappa shape index (κ2) is 5.27. The van der Waals surface area contributed by atoms with Crippen LogP contribution in [0.25, 0.3) is 11.1 Å². The first kappa shape index (κ1) is 12.6. The monoisotopic (exact) mass is 318 g/mol. The first-order valence-electron chi connectivity index (χ1n) is 6.31. The Labute approximate surface area is 120 Å². The van der Waals surface area contributed by atoms with Crippen molar-refractivity contribution in [2.75, 3.05) is 18.0 Å². The molecule has 1 aliphatic rings. The lowest BCUT2D eigenvalue weighted by molar-refractivity contribution is 0.750. The Balaban J connectivity index is 1.85. The molecule has 2 aromatic rings. The standard InChI is InChI=1S/C14H15BrN4/c15-13-4-2-1-3-12(13)10-7-17-14(18-8-10)19-6-5-11(16)9-19/h1-4,7-8,11H,5-6,9,16H2. The van der Waals surface area contributed by atoms with E-state index in [1.165, 1.54) is 0 Å². The van der Waals surface area contributed by atoms with Crippen LogP contribution in [0, 0.1) is 0 Å². The highest BCUT2D eigenvalue weighted by Gasteiger charge is 2.21. The summed E-state index contributed by atoms with van der Waals surface area (Å²) in [6.07, 6.45) is 4.74. The van der Waals surface area contributed by atoms with E-state index in [0.29, 0.717) is 0 Å². The zero-order valence-electron chi connectivity index (χ0n) is 10.5. The largest absolute Gasteiger partial charge is 0.339 e. The molecule has 5 heteroatoms. The molecule has 1 fully saturated rings. The number of hydrogen-bond acceptors (Lipinski definition) is 4. The predicted octanol–water partition coefficient (Wildman–Crippen LogP) is 2.44. The molecule has 0 radical (unpaired) electrons. The summed E-state index contributed by atoms with van der Waals surface area (Å²) in [5.41, 5.74) is 8.02. The number of nitrogens with two attached hydrogens (primary N) is 1. The van der Waals surface area contributed by atoms with Crippen LogP contribution in [-0.4, -0.2) is 29.1 Å². The molecule has 1 aromatic heterocycles. The smallest absolute Gasteiger partial charge is 0.225 e. The number of benzene rings is 1. The Morgan fingerprint density at radius 1 is 1.21 bits per heavy atom. The van der Waals surface area contributed by atoms with E-state index in [2.05, 4.69) is 30.8 Å². The third kappa shape index (κ3) is 2.62. The fourth-order valence-corrected chi connectivity index (χ4v) is 2.80. The molecule has 0 bridgehead atoms. The molecule has 0 aliphatic carbocycles. The fourth-order valence-electron chi connectivity index (χ4n) is 2.29. The molecule has 0 spiro atoms. The van der Waals surface area contributed by atoms with E-state index < -0.39 is 0 Å². The lowest BCUT2D eigenvalue weighted by Gasteiger charge is -2.15. The minimum Gasteiger partial charge on any atom is -0.339 e. The third-order valence-corrected chi connectivity index (χ3v) is 4.02. The van der Waals surface area contributed by atoms with E-state index in [-0.39, 0.29) is 6.04 Å². The molecule has 1 unspecified atom stereocenters. The Morgan fingerprint density at radius 3 is 2.58 bits per heavy atom. The van der Waals surface area contributed by atoms with Crippen molar-refractivity contribution in [2.45, 2.75) is 12.5 Å². The summed E-state index contributed by atoms with van der Waals surface area (Å²) in [6, 6.07) is 8.31. The molecular weight excluding hydrogens is 304 g/mol. The highest BCUT2D eigenvalue weighted by atomic mass is 79.9. The summed E-state index contributed by atoms with van der Waals surface area (Å²) in [7, 11) is 0. The molecule has 1 saturated heterocycles. The molecule has 2 heterocycles. The minimum atomic E-state index is 0.242. The maximum absolute atomic E-state index is 5.90. The Hall–Kier alpha value is -1.46. The summed E-state index contributed by atoms with van der Waals surface area (Å²) in [5, 5.41) is 0. The second-order valence-electron chi connectivity index (χ2n) is 4.75. The quantitative estimate of drug-likeness (QED) is 0.924. The van der Waals surface area contributed by atoms with E-state index in [4.69, 9.17) is 5.73 Å². The van der Waals surface area contributed by atoms with Gasteiger partial charge < -0.3 is 10.6 Å². The number of nitrogens with zero attached hydrogens (tertiary/aromatic N) is 3. The van der Waals surface area contributed by atoms with Crippen LogP contribution >= 0.6 is 15.9 Å². The lowest BCUT2D eigenvalue weighted by Crippen LogP contribution is -2.27. The van der Waals surface area contributed by atoms with Crippen LogP contribution in [0.3, 0.4) is 0 Å². The van der Waals surface area contributed by atoms with Crippen molar-refractivity contribution in [3.05, 3.63) is 41.1 Å². The van der Waals surface area contributed by atoms with Crippen molar-refractivity contribution < 1.29 is 0 Å². The Morgan fingerprint density at radius 2 is 1.95 bits per heavy atom. The van der Waals surface area contributed by atoms with E-state index >= 15 is 0 Å². The van der Waals surface area contributed by atoms with Crippen LogP contribution in [0.15, 0.2) is 41.1 Å². The van der Waals surface area contributed by atoms with Crippen LogP contribution in [0.5, 0.6) is 0 Å². The molecule has 2 N–H and O–H groups in total. The van der Waals surface area contributed by atoms with Gasteiger partial charge in [0.05, 0.1) is 0 Å². The Bertz CT molecular complexity index is 570. The highest BCUT2D eigenvalue weighted by Crippen LogP contribution is 2.27.